The average Bonchev–Trinajstić information content (AvgIpc) is 3.00. The van der Waals surface area contributed by atoms with Crippen LogP contribution in [0, 0.1) is 0 Å². The number of benzene rings is 1. The van der Waals surface area contributed by atoms with E-state index in [2.05, 4.69) is 10.3 Å². The summed E-state index contributed by atoms with van der Waals surface area (Å²) in [5, 5.41) is 3.93. The Balaban J connectivity index is 2.29. The third kappa shape index (κ3) is 1.40. The number of anilines is 1. The summed E-state index contributed by atoms with van der Waals surface area (Å²) in [5.74, 6) is -0.609. The highest BCUT2D eigenvalue weighted by Gasteiger charge is 2.27. The third-order valence-electron chi connectivity index (χ3n) is 3.43. The highest BCUT2D eigenvalue weighted by atomic mass is 19.1. The first-order valence-corrected chi connectivity index (χ1v) is 5.78. The molecule has 4 nitrogen and oxygen atoms in total. The second-order valence-corrected chi connectivity index (χ2v) is 4.38. The van der Waals surface area contributed by atoms with Crippen LogP contribution in [-0.2, 0) is 4.74 Å². The fourth-order valence-corrected chi connectivity index (χ4v) is 2.57. The molecule has 1 aliphatic heterocycles. The first-order valence-electron chi connectivity index (χ1n) is 5.78. The molecule has 2 aromatic rings. The molecule has 0 saturated carbocycles. The summed E-state index contributed by atoms with van der Waals surface area (Å²) in [4.78, 5) is 14.8. The lowest BCUT2D eigenvalue weighted by Crippen LogP contribution is -2.05. The van der Waals surface area contributed by atoms with Crippen LogP contribution in [0.3, 0.4) is 0 Å². The van der Waals surface area contributed by atoms with E-state index in [1.165, 1.54) is 7.11 Å². The van der Waals surface area contributed by atoms with Gasteiger partial charge in [0.05, 0.1) is 19.3 Å². The predicted octanol–water partition coefficient (Wildman–Crippen LogP) is 2.43. The minimum absolute atomic E-state index is 0.206. The molecule has 1 atom stereocenters. The van der Waals surface area contributed by atoms with Gasteiger partial charge in [-0.2, -0.15) is 0 Å². The molecular weight excluding hydrogens is 235 g/mol. The zero-order chi connectivity index (χ0) is 12.7. The van der Waals surface area contributed by atoms with Gasteiger partial charge in [-0.3, -0.25) is 4.39 Å². The van der Waals surface area contributed by atoms with Crippen LogP contribution >= 0.6 is 0 Å². The van der Waals surface area contributed by atoms with Crippen LogP contribution in [0.15, 0.2) is 18.3 Å². The maximum absolute atomic E-state index is 13.1. The number of carbonyl (C=O) groups excluding carboxylic acids is 1. The summed E-state index contributed by atoms with van der Waals surface area (Å²) >= 11 is 0. The number of aromatic nitrogens is 1. The zero-order valence-corrected chi connectivity index (χ0v) is 9.92. The molecule has 0 spiro atoms. The van der Waals surface area contributed by atoms with Gasteiger partial charge in [0.1, 0.15) is 0 Å². The first-order chi connectivity index (χ1) is 8.76. The van der Waals surface area contributed by atoms with Crippen molar-refractivity contribution in [3.05, 3.63) is 29.5 Å². The monoisotopic (exact) mass is 248 g/mol. The first kappa shape index (κ1) is 11.1. The summed E-state index contributed by atoms with van der Waals surface area (Å²) in [6, 6.07) is 3.79. The molecule has 94 valence electrons. The van der Waals surface area contributed by atoms with Crippen molar-refractivity contribution in [1.82, 2.24) is 4.98 Å². The van der Waals surface area contributed by atoms with Crippen molar-refractivity contribution in [2.45, 2.75) is 5.92 Å². The molecule has 0 aliphatic carbocycles. The summed E-state index contributed by atoms with van der Waals surface area (Å²) in [6.07, 6.45) is 1.62. The van der Waals surface area contributed by atoms with Crippen molar-refractivity contribution < 1.29 is 13.9 Å². The fraction of sp³-hybridized carbons (Fsp3) is 0.308. The number of hydrogen-bond donors (Lipinski definition) is 2. The molecule has 0 fully saturated rings. The minimum atomic E-state index is -0.440. The Kier molecular flexibility index (Phi) is 2.47. The van der Waals surface area contributed by atoms with Crippen molar-refractivity contribution in [2.24, 2.45) is 0 Å². The smallest absolute Gasteiger partial charge is 0.340 e. The van der Waals surface area contributed by atoms with Gasteiger partial charge in [0.2, 0.25) is 0 Å². The molecule has 2 N–H and O–H groups in total. The van der Waals surface area contributed by atoms with Crippen LogP contribution in [0.5, 0.6) is 0 Å². The van der Waals surface area contributed by atoms with E-state index in [1.54, 1.807) is 6.20 Å². The molecule has 2 heterocycles. The van der Waals surface area contributed by atoms with Crippen molar-refractivity contribution in [1.29, 1.82) is 0 Å². The lowest BCUT2D eigenvalue weighted by Gasteiger charge is -2.08. The SMILES string of the molecule is COC(=O)c1c[nH]c2ccc3c(c12)C(CF)CN3. The Bertz CT molecular complexity index is 621. The van der Waals surface area contributed by atoms with Crippen molar-refractivity contribution >= 4 is 22.6 Å². The summed E-state index contributed by atoms with van der Waals surface area (Å²) in [6.45, 7) is 0.127. The molecule has 3 rings (SSSR count). The predicted molar refractivity (Wildman–Crippen MR) is 66.8 cm³/mol. The normalized spacial score (nSPS) is 17.6. The number of methoxy groups -OCH3 is 1. The highest BCUT2D eigenvalue weighted by molar-refractivity contribution is 6.07. The molecule has 5 heteroatoms. The maximum Gasteiger partial charge on any atom is 0.340 e. The van der Waals surface area contributed by atoms with Crippen LogP contribution in [0.4, 0.5) is 10.1 Å². The maximum atomic E-state index is 13.1. The van der Waals surface area contributed by atoms with Gasteiger partial charge in [-0.1, -0.05) is 0 Å². The molecule has 18 heavy (non-hydrogen) atoms. The number of carbonyl (C=O) groups is 1. The minimum Gasteiger partial charge on any atom is -0.465 e. The van der Waals surface area contributed by atoms with E-state index in [0.29, 0.717) is 12.1 Å². The van der Waals surface area contributed by atoms with E-state index >= 15 is 0 Å². The molecule has 1 aliphatic rings. The molecular formula is C13H13FN2O2. The van der Waals surface area contributed by atoms with Gasteiger partial charge >= 0.3 is 5.97 Å². The van der Waals surface area contributed by atoms with Crippen molar-refractivity contribution in [3.8, 4) is 0 Å². The Hall–Kier alpha value is -2.04. The van der Waals surface area contributed by atoms with E-state index in [4.69, 9.17) is 4.74 Å². The van der Waals surface area contributed by atoms with Crippen LogP contribution in [-0.4, -0.2) is 31.3 Å². The molecule has 0 amide bonds. The molecule has 0 saturated heterocycles. The Labute approximate surface area is 103 Å². The van der Waals surface area contributed by atoms with Crippen LogP contribution in [0.2, 0.25) is 0 Å². The number of rotatable bonds is 2. The standard InChI is InChI=1S/C13H13FN2O2/c1-18-13(17)8-6-16-10-3-2-9-11(12(8)10)7(4-14)5-15-9/h2-3,6-7,15-16H,4-5H2,1H3. The lowest BCUT2D eigenvalue weighted by atomic mass is 9.96. The number of nitrogens with one attached hydrogen (secondary N) is 2. The van der Waals surface area contributed by atoms with E-state index in [9.17, 15) is 9.18 Å². The number of H-pyrrole nitrogens is 1. The van der Waals surface area contributed by atoms with Gasteiger partial charge in [0, 0.05) is 35.2 Å². The topological polar surface area (TPSA) is 54.1 Å². The summed E-state index contributed by atoms with van der Waals surface area (Å²) in [7, 11) is 1.34. The average molecular weight is 248 g/mol. The zero-order valence-electron chi connectivity index (χ0n) is 9.92. The Morgan fingerprint density at radius 2 is 2.39 bits per heavy atom. The van der Waals surface area contributed by atoms with Crippen molar-refractivity contribution in [2.75, 3.05) is 25.6 Å². The van der Waals surface area contributed by atoms with Crippen LogP contribution in [0.1, 0.15) is 21.8 Å². The van der Waals surface area contributed by atoms with E-state index in [0.717, 1.165) is 22.2 Å². The molecule has 0 bridgehead atoms. The van der Waals surface area contributed by atoms with Crippen LogP contribution < -0.4 is 5.32 Å². The highest BCUT2D eigenvalue weighted by Crippen LogP contribution is 2.39. The quantitative estimate of drug-likeness (QED) is 0.802. The summed E-state index contributed by atoms with van der Waals surface area (Å²) in [5.41, 5.74) is 3.06. The fourth-order valence-electron chi connectivity index (χ4n) is 2.57. The summed E-state index contributed by atoms with van der Waals surface area (Å²) < 4.78 is 17.8. The van der Waals surface area contributed by atoms with E-state index in [-0.39, 0.29) is 5.92 Å². The van der Waals surface area contributed by atoms with Gasteiger partial charge in [-0.15, -0.1) is 0 Å². The van der Waals surface area contributed by atoms with Crippen molar-refractivity contribution in [3.63, 3.8) is 0 Å². The van der Waals surface area contributed by atoms with Crippen LogP contribution in [0.25, 0.3) is 10.9 Å². The number of hydrogen-bond acceptors (Lipinski definition) is 3. The number of ether oxygens (including phenoxy) is 1. The van der Waals surface area contributed by atoms with E-state index < -0.39 is 12.6 Å². The van der Waals surface area contributed by atoms with Gasteiger partial charge < -0.3 is 15.0 Å². The Morgan fingerprint density at radius 3 is 3.11 bits per heavy atom. The van der Waals surface area contributed by atoms with Gasteiger partial charge in [-0.25, -0.2) is 4.79 Å². The molecule has 1 aromatic carbocycles. The number of fused-ring (bicyclic) bond motifs is 3. The number of alkyl halides is 1. The lowest BCUT2D eigenvalue weighted by molar-refractivity contribution is 0.0603. The molecule has 1 unspecified atom stereocenters. The van der Waals surface area contributed by atoms with Gasteiger partial charge in [0.25, 0.3) is 0 Å². The number of halogens is 1. The number of esters is 1. The number of aromatic amines is 1. The van der Waals surface area contributed by atoms with Gasteiger partial charge in [0.15, 0.2) is 0 Å². The third-order valence-corrected chi connectivity index (χ3v) is 3.43. The Morgan fingerprint density at radius 1 is 1.56 bits per heavy atom. The molecule has 1 aromatic heterocycles. The second kappa shape index (κ2) is 4.01. The van der Waals surface area contributed by atoms with E-state index in [1.807, 2.05) is 12.1 Å². The largest absolute Gasteiger partial charge is 0.465 e. The second-order valence-electron chi connectivity index (χ2n) is 4.38. The van der Waals surface area contributed by atoms with Gasteiger partial charge in [-0.05, 0) is 17.7 Å². The molecule has 0 radical (unpaired) electrons.